The first-order valence-corrected chi connectivity index (χ1v) is 14.9. The van der Waals surface area contributed by atoms with Gasteiger partial charge in [-0.1, -0.05) is 71.8 Å². The molecule has 2 heterocycles. The van der Waals surface area contributed by atoms with Crippen molar-refractivity contribution in [3.05, 3.63) is 70.3 Å². The van der Waals surface area contributed by atoms with Crippen molar-refractivity contribution in [1.29, 1.82) is 0 Å². The molecule has 0 unspecified atom stereocenters. The summed E-state index contributed by atoms with van der Waals surface area (Å²) < 4.78 is 0. The Morgan fingerprint density at radius 2 is 1.89 bits per heavy atom. The van der Waals surface area contributed by atoms with Crippen LogP contribution in [0.1, 0.15) is 42.6 Å². The second-order valence-corrected chi connectivity index (χ2v) is 11.5. The molecule has 0 aromatic carbocycles. The fourth-order valence-electron chi connectivity index (χ4n) is 3.27. The third-order valence-electron chi connectivity index (χ3n) is 5.31. The molecular formula is C26H32N6O2S3. The van der Waals surface area contributed by atoms with Crippen molar-refractivity contribution in [2.45, 2.75) is 45.4 Å². The number of hydrogen-bond acceptors (Lipinski definition) is 9. The minimum Gasteiger partial charge on any atom is -0.300 e. The van der Waals surface area contributed by atoms with E-state index >= 15 is 0 Å². The molecule has 1 aliphatic carbocycles. The minimum absolute atomic E-state index is 0.0525. The second-order valence-electron chi connectivity index (χ2n) is 8.18. The SMILES string of the molecule is C=C/C(=C\C=C/C)CC(=O)N(C)c1nnc(CCSCCc2nnc(NC(=O)CC3=CCCC=C3)s2)s1. The molecule has 0 atom stereocenters. The molecule has 0 saturated carbocycles. The van der Waals surface area contributed by atoms with Crippen molar-refractivity contribution in [1.82, 2.24) is 20.4 Å². The largest absolute Gasteiger partial charge is 0.300 e. The molecule has 0 radical (unpaired) electrons. The van der Waals surface area contributed by atoms with Crippen LogP contribution in [0.25, 0.3) is 0 Å². The number of rotatable bonds is 14. The van der Waals surface area contributed by atoms with E-state index in [1.54, 1.807) is 29.8 Å². The summed E-state index contributed by atoms with van der Waals surface area (Å²) in [6, 6.07) is 0. The van der Waals surface area contributed by atoms with E-state index in [1.807, 2.05) is 31.2 Å². The van der Waals surface area contributed by atoms with E-state index in [-0.39, 0.29) is 18.2 Å². The second kappa shape index (κ2) is 15.4. The van der Waals surface area contributed by atoms with Crippen LogP contribution in [0.15, 0.2) is 60.3 Å². The number of allylic oxidation sites excluding steroid dienone is 7. The number of aromatic nitrogens is 4. The molecule has 11 heteroatoms. The number of thioether (sulfide) groups is 1. The first kappa shape index (κ1) is 28.7. The molecule has 2 amide bonds. The predicted octanol–water partition coefficient (Wildman–Crippen LogP) is 5.55. The lowest BCUT2D eigenvalue weighted by Gasteiger charge is -2.13. The van der Waals surface area contributed by atoms with Gasteiger partial charge in [0, 0.05) is 19.9 Å². The molecule has 196 valence electrons. The number of hydrogen-bond donors (Lipinski definition) is 1. The van der Waals surface area contributed by atoms with Crippen molar-refractivity contribution < 1.29 is 9.59 Å². The average molecular weight is 557 g/mol. The standard InChI is InChI=1S/C26H32N6O2S3/c1-4-6-10-19(5-2)18-24(34)32(3)26-31-29-23(37-26)14-16-35-15-13-22-28-30-25(36-22)27-21(33)17-20-11-8-7-9-12-20/h4-6,8,10-12H,2,7,9,13-18H2,1,3H3,(H,27,30,33)/b6-4-,19-10+. The summed E-state index contributed by atoms with van der Waals surface area (Å²) in [5, 5.41) is 22.5. The van der Waals surface area contributed by atoms with Crippen LogP contribution in [-0.4, -0.2) is 50.8 Å². The molecule has 2 aromatic rings. The molecule has 1 aliphatic rings. The maximum Gasteiger partial charge on any atom is 0.232 e. The topological polar surface area (TPSA) is 101 Å². The fourth-order valence-corrected chi connectivity index (χ4v) is 5.98. The van der Waals surface area contributed by atoms with Gasteiger partial charge in [-0.15, -0.1) is 20.4 Å². The first-order valence-electron chi connectivity index (χ1n) is 12.1. The van der Waals surface area contributed by atoms with E-state index in [0.717, 1.165) is 58.4 Å². The third-order valence-corrected chi connectivity index (χ3v) is 8.25. The van der Waals surface area contributed by atoms with Gasteiger partial charge in [-0.3, -0.25) is 14.5 Å². The van der Waals surface area contributed by atoms with Crippen LogP contribution in [0.4, 0.5) is 10.3 Å². The Hall–Kier alpha value is -2.89. The number of anilines is 2. The monoisotopic (exact) mass is 556 g/mol. The lowest BCUT2D eigenvalue weighted by Crippen LogP contribution is -2.26. The van der Waals surface area contributed by atoms with Crippen LogP contribution in [0, 0.1) is 0 Å². The molecule has 1 N–H and O–H groups in total. The van der Waals surface area contributed by atoms with E-state index in [4.69, 9.17) is 0 Å². The van der Waals surface area contributed by atoms with E-state index in [9.17, 15) is 9.59 Å². The zero-order chi connectivity index (χ0) is 26.5. The first-order chi connectivity index (χ1) is 18.0. The van der Waals surface area contributed by atoms with Crippen molar-refractivity contribution in [3.8, 4) is 0 Å². The van der Waals surface area contributed by atoms with Crippen LogP contribution in [0.2, 0.25) is 0 Å². The molecule has 2 aromatic heterocycles. The molecule has 0 fully saturated rings. The Morgan fingerprint density at radius 3 is 2.59 bits per heavy atom. The summed E-state index contributed by atoms with van der Waals surface area (Å²) in [5.41, 5.74) is 1.90. The smallest absolute Gasteiger partial charge is 0.232 e. The van der Waals surface area contributed by atoms with E-state index < -0.39 is 0 Å². The molecule has 0 aliphatic heterocycles. The lowest BCUT2D eigenvalue weighted by atomic mass is 10.0. The Labute approximate surface area is 230 Å². The molecule has 0 saturated heterocycles. The maximum atomic E-state index is 12.6. The summed E-state index contributed by atoms with van der Waals surface area (Å²) in [6.45, 7) is 5.70. The van der Waals surface area contributed by atoms with Crippen LogP contribution in [-0.2, 0) is 22.4 Å². The van der Waals surface area contributed by atoms with Crippen LogP contribution < -0.4 is 10.2 Å². The fraction of sp³-hybridized carbons (Fsp3) is 0.385. The van der Waals surface area contributed by atoms with Gasteiger partial charge in [0.15, 0.2) is 0 Å². The van der Waals surface area contributed by atoms with Crippen molar-refractivity contribution in [2.75, 3.05) is 28.8 Å². The highest BCUT2D eigenvalue weighted by molar-refractivity contribution is 7.99. The summed E-state index contributed by atoms with van der Waals surface area (Å²) in [5.74, 6) is 1.67. The van der Waals surface area contributed by atoms with Crippen molar-refractivity contribution in [2.24, 2.45) is 0 Å². The van der Waals surface area contributed by atoms with E-state index in [0.29, 0.717) is 16.7 Å². The molecular weight excluding hydrogens is 525 g/mol. The number of amides is 2. The van der Waals surface area contributed by atoms with Gasteiger partial charge in [0.2, 0.25) is 22.1 Å². The third kappa shape index (κ3) is 9.83. The normalized spacial score (nSPS) is 13.6. The van der Waals surface area contributed by atoms with Crippen molar-refractivity contribution in [3.63, 3.8) is 0 Å². The van der Waals surface area contributed by atoms with Gasteiger partial charge in [0.1, 0.15) is 10.0 Å². The maximum absolute atomic E-state index is 12.6. The quantitative estimate of drug-likeness (QED) is 0.240. The van der Waals surface area contributed by atoms with Gasteiger partial charge in [0.25, 0.3) is 0 Å². The van der Waals surface area contributed by atoms with Crippen molar-refractivity contribution >= 4 is 56.5 Å². The van der Waals surface area contributed by atoms with Gasteiger partial charge in [0.05, 0.1) is 12.8 Å². The number of nitrogens with zero attached hydrogens (tertiary/aromatic N) is 5. The number of nitrogens with one attached hydrogen (secondary N) is 1. The van der Waals surface area contributed by atoms with Gasteiger partial charge in [-0.25, -0.2) is 0 Å². The summed E-state index contributed by atoms with van der Waals surface area (Å²) in [6.07, 6.45) is 17.8. The minimum atomic E-state index is -0.0649. The molecule has 3 rings (SSSR count). The number of carbonyl (C=O) groups is 2. The highest BCUT2D eigenvalue weighted by Crippen LogP contribution is 2.23. The molecule has 0 spiro atoms. The lowest BCUT2D eigenvalue weighted by molar-refractivity contribution is -0.117. The van der Waals surface area contributed by atoms with Gasteiger partial charge < -0.3 is 5.32 Å². The highest BCUT2D eigenvalue weighted by Gasteiger charge is 2.16. The Kier molecular flexibility index (Phi) is 11.9. The molecule has 0 bridgehead atoms. The zero-order valence-corrected chi connectivity index (χ0v) is 23.6. The van der Waals surface area contributed by atoms with Gasteiger partial charge in [-0.05, 0) is 42.4 Å². The predicted molar refractivity (Wildman–Crippen MR) is 155 cm³/mol. The van der Waals surface area contributed by atoms with Gasteiger partial charge in [-0.2, -0.15) is 11.8 Å². The summed E-state index contributed by atoms with van der Waals surface area (Å²) >= 11 is 4.66. The average Bonchev–Trinajstić information content (AvgIpc) is 3.56. The van der Waals surface area contributed by atoms with E-state index in [2.05, 4.69) is 44.4 Å². The van der Waals surface area contributed by atoms with Crippen LogP contribution in [0.3, 0.4) is 0 Å². The Morgan fingerprint density at radius 1 is 1.14 bits per heavy atom. The van der Waals surface area contributed by atoms with Crippen LogP contribution >= 0.6 is 34.4 Å². The van der Waals surface area contributed by atoms with E-state index in [1.165, 1.54) is 22.7 Å². The molecule has 37 heavy (non-hydrogen) atoms. The zero-order valence-electron chi connectivity index (χ0n) is 21.2. The number of carbonyl (C=O) groups excluding carboxylic acids is 2. The number of aryl methyl sites for hydroxylation is 2. The Bertz CT molecular complexity index is 1190. The van der Waals surface area contributed by atoms with Gasteiger partial charge >= 0.3 is 0 Å². The van der Waals surface area contributed by atoms with Crippen LogP contribution in [0.5, 0.6) is 0 Å². The highest BCUT2D eigenvalue weighted by atomic mass is 32.2. The Balaban J connectivity index is 1.35. The molecule has 8 nitrogen and oxygen atoms in total. The summed E-state index contributed by atoms with van der Waals surface area (Å²) in [4.78, 5) is 26.3. The summed E-state index contributed by atoms with van der Waals surface area (Å²) in [7, 11) is 1.72.